The van der Waals surface area contributed by atoms with Gasteiger partial charge in [-0.25, -0.2) is 8.78 Å². The maximum Gasteiger partial charge on any atom is 0.231 e. The van der Waals surface area contributed by atoms with E-state index in [9.17, 15) is 8.78 Å². The highest BCUT2D eigenvalue weighted by Crippen LogP contribution is 2.39. The molecule has 0 saturated carbocycles. The van der Waals surface area contributed by atoms with Crippen LogP contribution in [0.15, 0.2) is 30.3 Å². The summed E-state index contributed by atoms with van der Waals surface area (Å²) in [5.74, 6) is 0.171. The van der Waals surface area contributed by atoms with E-state index in [1.54, 1.807) is 12.1 Å². The number of rotatable bonds is 3. The van der Waals surface area contributed by atoms with Gasteiger partial charge in [0.15, 0.2) is 11.5 Å². The van der Waals surface area contributed by atoms with Gasteiger partial charge in [-0.2, -0.15) is 0 Å². The minimum absolute atomic E-state index is 0.114. The Morgan fingerprint density at radius 1 is 1.10 bits per heavy atom. The quantitative estimate of drug-likeness (QED) is 0.930. The van der Waals surface area contributed by atoms with E-state index in [1.165, 1.54) is 0 Å². The van der Waals surface area contributed by atoms with Crippen LogP contribution in [0.4, 0.5) is 14.5 Å². The molecule has 104 valence electrons. The zero-order valence-electron chi connectivity index (χ0n) is 10.3. The van der Waals surface area contributed by atoms with E-state index < -0.39 is 11.6 Å². The first-order valence-corrected chi connectivity index (χ1v) is 6.28. The van der Waals surface area contributed by atoms with Crippen LogP contribution in [0.25, 0.3) is 0 Å². The Morgan fingerprint density at radius 2 is 1.85 bits per heavy atom. The molecule has 6 heteroatoms. The molecule has 1 aliphatic rings. The van der Waals surface area contributed by atoms with Gasteiger partial charge in [0.1, 0.15) is 11.6 Å². The number of nitrogens with one attached hydrogen (secondary N) is 1. The normalized spacial score (nSPS) is 12.6. The van der Waals surface area contributed by atoms with Gasteiger partial charge >= 0.3 is 0 Å². The van der Waals surface area contributed by atoms with E-state index >= 15 is 0 Å². The molecule has 0 fully saturated rings. The van der Waals surface area contributed by atoms with Crippen molar-refractivity contribution in [2.75, 3.05) is 12.1 Å². The van der Waals surface area contributed by atoms with Crippen molar-refractivity contribution in [1.82, 2.24) is 0 Å². The molecule has 0 unspecified atom stereocenters. The predicted molar refractivity (Wildman–Crippen MR) is 71.3 cm³/mol. The lowest BCUT2D eigenvalue weighted by Gasteiger charge is -2.10. The first-order chi connectivity index (χ1) is 9.63. The van der Waals surface area contributed by atoms with E-state index in [2.05, 4.69) is 5.32 Å². The van der Waals surface area contributed by atoms with E-state index in [-0.39, 0.29) is 18.9 Å². The summed E-state index contributed by atoms with van der Waals surface area (Å²) in [5, 5.41) is 3.38. The summed E-state index contributed by atoms with van der Waals surface area (Å²) in [4.78, 5) is 0. The van der Waals surface area contributed by atoms with Crippen LogP contribution in [-0.2, 0) is 6.54 Å². The van der Waals surface area contributed by atoms with Crippen LogP contribution in [-0.4, -0.2) is 6.79 Å². The summed E-state index contributed by atoms with van der Waals surface area (Å²) in [6, 6.07) is 6.60. The van der Waals surface area contributed by atoms with Crippen LogP contribution >= 0.6 is 11.6 Å². The third kappa shape index (κ3) is 2.49. The van der Waals surface area contributed by atoms with Gasteiger partial charge in [0.05, 0.1) is 10.7 Å². The number of anilines is 1. The molecule has 0 atom stereocenters. The molecule has 0 radical (unpaired) electrons. The van der Waals surface area contributed by atoms with Crippen LogP contribution in [0.5, 0.6) is 11.5 Å². The first kappa shape index (κ1) is 13.0. The van der Waals surface area contributed by atoms with Crippen molar-refractivity contribution < 1.29 is 18.3 Å². The predicted octanol–water partition coefficient (Wildman–Crippen LogP) is 3.96. The smallest absolute Gasteiger partial charge is 0.231 e. The van der Waals surface area contributed by atoms with Crippen LogP contribution in [0.3, 0.4) is 0 Å². The lowest BCUT2D eigenvalue weighted by Crippen LogP contribution is -2.03. The maximum absolute atomic E-state index is 13.5. The Morgan fingerprint density at radius 3 is 2.65 bits per heavy atom. The average Bonchev–Trinajstić information content (AvgIpc) is 2.86. The standard InChI is InChI=1S/C14H10ClF2NO2/c15-10-4-13-14(20-7-19-13)5-12(10)18-6-8-3-9(16)1-2-11(8)17/h1-5,18H,6-7H2. The number of halogens is 3. The van der Waals surface area contributed by atoms with Gasteiger partial charge in [0, 0.05) is 24.2 Å². The second kappa shape index (κ2) is 5.17. The summed E-state index contributed by atoms with van der Waals surface area (Å²) >= 11 is 6.08. The summed E-state index contributed by atoms with van der Waals surface area (Å²) < 4.78 is 37.0. The third-order valence-corrected chi connectivity index (χ3v) is 3.25. The minimum Gasteiger partial charge on any atom is -0.454 e. The Balaban J connectivity index is 1.80. The van der Waals surface area contributed by atoms with Crippen molar-refractivity contribution in [2.45, 2.75) is 6.54 Å². The van der Waals surface area contributed by atoms with Gasteiger partial charge in [0.2, 0.25) is 6.79 Å². The van der Waals surface area contributed by atoms with Crippen LogP contribution < -0.4 is 14.8 Å². The minimum atomic E-state index is -0.486. The summed E-state index contributed by atoms with van der Waals surface area (Å²) in [5.41, 5.74) is 0.790. The number of hydrogen-bond donors (Lipinski definition) is 1. The molecule has 0 aliphatic carbocycles. The van der Waals surface area contributed by atoms with Crippen molar-refractivity contribution in [3.05, 3.63) is 52.6 Å². The Bertz CT molecular complexity index is 664. The summed E-state index contributed by atoms with van der Waals surface area (Å²) in [6.07, 6.45) is 0. The summed E-state index contributed by atoms with van der Waals surface area (Å²) in [7, 11) is 0. The van der Waals surface area contributed by atoms with Gasteiger partial charge in [-0.1, -0.05) is 11.6 Å². The summed E-state index contributed by atoms with van der Waals surface area (Å²) in [6.45, 7) is 0.261. The molecule has 0 aromatic heterocycles. The Kier molecular flexibility index (Phi) is 3.36. The molecule has 3 rings (SSSR count). The van der Waals surface area contributed by atoms with Gasteiger partial charge in [-0.15, -0.1) is 0 Å². The second-order valence-corrected chi connectivity index (χ2v) is 4.68. The first-order valence-electron chi connectivity index (χ1n) is 5.90. The highest BCUT2D eigenvalue weighted by molar-refractivity contribution is 6.33. The lowest BCUT2D eigenvalue weighted by molar-refractivity contribution is 0.174. The molecule has 1 N–H and O–H groups in total. The number of hydrogen-bond acceptors (Lipinski definition) is 3. The van der Waals surface area contributed by atoms with E-state index in [4.69, 9.17) is 21.1 Å². The topological polar surface area (TPSA) is 30.5 Å². The highest BCUT2D eigenvalue weighted by atomic mass is 35.5. The molecular formula is C14H10ClF2NO2. The van der Waals surface area contributed by atoms with Crippen molar-refractivity contribution in [3.63, 3.8) is 0 Å². The van der Waals surface area contributed by atoms with Crippen LogP contribution in [0.1, 0.15) is 5.56 Å². The molecule has 2 aromatic carbocycles. The Labute approximate surface area is 119 Å². The molecule has 1 aliphatic heterocycles. The van der Waals surface area contributed by atoms with Gasteiger partial charge in [0.25, 0.3) is 0 Å². The van der Waals surface area contributed by atoms with Gasteiger partial charge < -0.3 is 14.8 Å². The molecule has 3 nitrogen and oxygen atoms in total. The largest absolute Gasteiger partial charge is 0.454 e. The van der Waals surface area contributed by atoms with Crippen molar-refractivity contribution >= 4 is 17.3 Å². The van der Waals surface area contributed by atoms with Crippen molar-refractivity contribution in [1.29, 1.82) is 0 Å². The number of fused-ring (bicyclic) bond motifs is 1. The lowest BCUT2D eigenvalue weighted by atomic mass is 10.2. The highest BCUT2D eigenvalue weighted by Gasteiger charge is 2.16. The second-order valence-electron chi connectivity index (χ2n) is 4.27. The average molecular weight is 298 g/mol. The fraction of sp³-hybridized carbons (Fsp3) is 0.143. The van der Waals surface area contributed by atoms with E-state index in [0.717, 1.165) is 18.2 Å². The van der Waals surface area contributed by atoms with Crippen molar-refractivity contribution in [3.8, 4) is 11.5 Å². The Hall–Kier alpha value is -2.01. The fourth-order valence-electron chi connectivity index (χ4n) is 1.92. The molecule has 0 bridgehead atoms. The van der Waals surface area contributed by atoms with Crippen LogP contribution in [0.2, 0.25) is 5.02 Å². The van der Waals surface area contributed by atoms with E-state index in [0.29, 0.717) is 22.2 Å². The van der Waals surface area contributed by atoms with Gasteiger partial charge in [-0.3, -0.25) is 0 Å². The van der Waals surface area contributed by atoms with E-state index in [1.807, 2.05) is 0 Å². The zero-order chi connectivity index (χ0) is 14.1. The molecule has 0 spiro atoms. The van der Waals surface area contributed by atoms with Crippen molar-refractivity contribution in [2.24, 2.45) is 0 Å². The van der Waals surface area contributed by atoms with Gasteiger partial charge in [-0.05, 0) is 18.2 Å². The molecule has 0 amide bonds. The monoisotopic (exact) mass is 297 g/mol. The maximum atomic E-state index is 13.5. The zero-order valence-corrected chi connectivity index (χ0v) is 11.0. The number of benzene rings is 2. The molecular weight excluding hydrogens is 288 g/mol. The SMILES string of the molecule is Fc1ccc(F)c(CNc2cc3c(cc2Cl)OCO3)c1. The van der Waals surface area contributed by atoms with Crippen LogP contribution in [0, 0.1) is 11.6 Å². The molecule has 2 aromatic rings. The third-order valence-electron chi connectivity index (χ3n) is 2.94. The number of ether oxygens (including phenoxy) is 2. The molecule has 0 saturated heterocycles. The molecule has 20 heavy (non-hydrogen) atoms. The fourth-order valence-corrected chi connectivity index (χ4v) is 2.14. The molecule has 1 heterocycles.